The molecule has 0 saturated carbocycles. The molecule has 0 spiro atoms. The Morgan fingerprint density at radius 2 is 2.12 bits per heavy atom. The maximum Gasteiger partial charge on any atom is 0.171 e. The third-order valence-electron chi connectivity index (χ3n) is 2.78. The number of aliphatic hydroxyl groups is 2. The van der Waals surface area contributed by atoms with Crippen molar-refractivity contribution in [2.75, 3.05) is 0 Å². The molecule has 1 rings (SSSR count). The summed E-state index contributed by atoms with van der Waals surface area (Å²) in [6.07, 6.45) is 3.21. The third-order valence-corrected chi connectivity index (χ3v) is 3.81. The van der Waals surface area contributed by atoms with E-state index in [1.165, 1.54) is 30.6 Å². The van der Waals surface area contributed by atoms with Crippen molar-refractivity contribution in [1.82, 2.24) is 0 Å². The standard InChI is InChI=1S/C13H19NO2S/c1-2-3-4-5-6-10-7-8-17-13(10)12(16)11(15)9-14/h7-8,11-12,15-16H,2-6H2,1H3. The zero-order chi connectivity index (χ0) is 12.7. The fourth-order valence-electron chi connectivity index (χ4n) is 1.77. The number of thiophene rings is 1. The molecular formula is C13H19NO2S. The van der Waals surface area contributed by atoms with E-state index in [1.54, 1.807) is 6.07 Å². The molecule has 2 atom stereocenters. The summed E-state index contributed by atoms with van der Waals surface area (Å²) in [7, 11) is 0. The van der Waals surface area contributed by atoms with Crippen LogP contribution in [0.5, 0.6) is 0 Å². The van der Waals surface area contributed by atoms with Gasteiger partial charge in [-0.1, -0.05) is 26.2 Å². The van der Waals surface area contributed by atoms with E-state index < -0.39 is 12.2 Å². The zero-order valence-corrected chi connectivity index (χ0v) is 10.9. The second-order valence-electron chi connectivity index (χ2n) is 4.14. The number of aryl methyl sites for hydroxylation is 1. The van der Waals surface area contributed by atoms with Crippen molar-refractivity contribution in [2.45, 2.75) is 51.2 Å². The summed E-state index contributed by atoms with van der Waals surface area (Å²) in [6.45, 7) is 2.17. The summed E-state index contributed by atoms with van der Waals surface area (Å²) < 4.78 is 0. The Labute approximate surface area is 106 Å². The molecule has 0 radical (unpaired) electrons. The predicted octanol–water partition coefficient (Wildman–Crippen LogP) is 2.79. The highest BCUT2D eigenvalue weighted by Crippen LogP contribution is 2.28. The topological polar surface area (TPSA) is 64.2 Å². The highest BCUT2D eigenvalue weighted by atomic mass is 32.1. The summed E-state index contributed by atoms with van der Waals surface area (Å²) in [5, 5.41) is 29.6. The van der Waals surface area contributed by atoms with Crippen LogP contribution < -0.4 is 0 Å². The Kier molecular flexibility index (Phi) is 6.20. The first kappa shape index (κ1) is 14.2. The van der Waals surface area contributed by atoms with Crippen molar-refractivity contribution in [3.8, 4) is 6.07 Å². The quantitative estimate of drug-likeness (QED) is 0.580. The molecule has 0 bridgehead atoms. The molecule has 0 amide bonds. The second kappa shape index (κ2) is 7.44. The highest BCUT2D eigenvalue weighted by molar-refractivity contribution is 7.10. The zero-order valence-electron chi connectivity index (χ0n) is 10.1. The van der Waals surface area contributed by atoms with E-state index in [1.807, 2.05) is 11.4 Å². The SMILES string of the molecule is CCCCCCc1ccsc1C(O)C(O)C#N. The minimum atomic E-state index is -1.33. The molecule has 1 aromatic rings. The van der Waals surface area contributed by atoms with Crippen LogP contribution in [0, 0.1) is 11.3 Å². The Morgan fingerprint density at radius 3 is 2.76 bits per heavy atom. The van der Waals surface area contributed by atoms with Crippen LogP contribution in [0.4, 0.5) is 0 Å². The van der Waals surface area contributed by atoms with Crippen molar-refractivity contribution in [3.63, 3.8) is 0 Å². The van der Waals surface area contributed by atoms with Crippen LogP contribution >= 0.6 is 11.3 Å². The first-order chi connectivity index (χ1) is 8.20. The minimum absolute atomic E-state index is 0.732. The Hall–Kier alpha value is -0.890. The Balaban J connectivity index is 2.57. The molecule has 0 fully saturated rings. The molecule has 2 unspecified atom stereocenters. The summed E-state index contributed by atoms with van der Waals surface area (Å²) >= 11 is 1.40. The van der Waals surface area contributed by atoms with Gasteiger partial charge in [-0.2, -0.15) is 5.26 Å². The van der Waals surface area contributed by atoms with Gasteiger partial charge in [-0.15, -0.1) is 11.3 Å². The van der Waals surface area contributed by atoms with Crippen LogP contribution in [0.2, 0.25) is 0 Å². The van der Waals surface area contributed by atoms with Gasteiger partial charge in [0.1, 0.15) is 6.10 Å². The van der Waals surface area contributed by atoms with E-state index >= 15 is 0 Å². The maximum absolute atomic E-state index is 9.80. The molecule has 2 N–H and O–H groups in total. The predicted molar refractivity (Wildman–Crippen MR) is 68.7 cm³/mol. The van der Waals surface area contributed by atoms with Crippen LogP contribution in [-0.2, 0) is 6.42 Å². The van der Waals surface area contributed by atoms with E-state index in [4.69, 9.17) is 5.26 Å². The minimum Gasteiger partial charge on any atom is -0.384 e. The number of nitriles is 1. The fraction of sp³-hybridized carbons (Fsp3) is 0.615. The van der Waals surface area contributed by atoms with Gasteiger partial charge in [-0.25, -0.2) is 0 Å². The molecular weight excluding hydrogens is 234 g/mol. The van der Waals surface area contributed by atoms with Gasteiger partial charge in [0, 0.05) is 4.88 Å². The fourth-order valence-corrected chi connectivity index (χ4v) is 2.74. The molecule has 1 heterocycles. The normalized spacial score (nSPS) is 14.2. The van der Waals surface area contributed by atoms with Crippen LogP contribution in [0.1, 0.15) is 49.2 Å². The van der Waals surface area contributed by atoms with Gasteiger partial charge in [0.2, 0.25) is 0 Å². The van der Waals surface area contributed by atoms with Crippen molar-refractivity contribution in [2.24, 2.45) is 0 Å². The van der Waals surface area contributed by atoms with Crippen LogP contribution in [-0.4, -0.2) is 16.3 Å². The van der Waals surface area contributed by atoms with E-state index in [9.17, 15) is 10.2 Å². The van der Waals surface area contributed by atoms with Gasteiger partial charge in [0.05, 0.1) is 6.07 Å². The lowest BCUT2D eigenvalue weighted by molar-refractivity contribution is 0.0547. The number of nitrogens with zero attached hydrogens (tertiary/aromatic N) is 1. The van der Waals surface area contributed by atoms with Crippen LogP contribution in [0.25, 0.3) is 0 Å². The van der Waals surface area contributed by atoms with E-state index in [0.717, 1.165) is 23.3 Å². The van der Waals surface area contributed by atoms with E-state index in [-0.39, 0.29) is 0 Å². The second-order valence-corrected chi connectivity index (χ2v) is 5.09. The number of aliphatic hydroxyl groups excluding tert-OH is 2. The Bertz CT molecular complexity index is 370. The molecule has 0 saturated heterocycles. The smallest absolute Gasteiger partial charge is 0.171 e. The number of hydrogen-bond donors (Lipinski definition) is 2. The van der Waals surface area contributed by atoms with Gasteiger partial charge >= 0.3 is 0 Å². The summed E-state index contributed by atoms with van der Waals surface area (Å²) in [5.41, 5.74) is 1.06. The monoisotopic (exact) mass is 253 g/mol. The number of hydrogen-bond acceptors (Lipinski definition) is 4. The van der Waals surface area contributed by atoms with Crippen molar-refractivity contribution in [3.05, 3.63) is 21.9 Å². The number of rotatable bonds is 7. The molecule has 1 aromatic heterocycles. The van der Waals surface area contributed by atoms with Gasteiger partial charge < -0.3 is 10.2 Å². The lowest BCUT2D eigenvalue weighted by atomic mass is 10.0. The molecule has 0 aromatic carbocycles. The molecule has 0 aliphatic heterocycles. The van der Waals surface area contributed by atoms with Gasteiger partial charge in [-0.3, -0.25) is 0 Å². The molecule has 0 aliphatic rings. The maximum atomic E-state index is 9.80. The van der Waals surface area contributed by atoms with Gasteiger partial charge in [-0.05, 0) is 29.9 Å². The average Bonchev–Trinajstić information content (AvgIpc) is 2.81. The van der Waals surface area contributed by atoms with Crippen LogP contribution in [0.3, 0.4) is 0 Å². The first-order valence-corrected chi connectivity index (χ1v) is 6.90. The van der Waals surface area contributed by atoms with Gasteiger partial charge in [0.15, 0.2) is 6.10 Å². The average molecular weight is 253 g/mol. The molecule has 94 valence electrons. The summed E-state index contributed by atoms with van der Waals surface area (Å²) in [5.74, 6) is 0. The third kappa shape index (κ3) is 4.12. The summed E-state index contributed by atoms with van der Waals surface area (Å²) in [6, 6.07) is 3.64. The van der Waals surface area contributed by atoms with Crippen molar-refractivity contribution in [1.29, 1.82) is 5.26 Å². The lowest BCUT2D eigenvalue weighted by Crippen LogP contribution is -2.15. The van der Waals surface area contributed by atoms with E-state index in [2.05, 4.69) is 6.92 Å². The molecule has 3 nitrogen and oxygen atoms in total. The Morgan fingerprint density at radius 1 is 1.35 bits per heavy atom. The van der Waals surface area contributed by atoms with Crippen molar-refractivity contribution >= 4 is 11.3 Å². The number of unbranched alkanes of at least 4 members (excludes halogenated alkanes) is 3. The molecule has 17 heavy (non-hydrogen) atoms. The summed E-state index contributed by atoms with van der Waals surface area (Å²) in [4.78, 5) is 0.732. The highest BCUT2D eigenvalue weighted by Gasteiger charge is 2.21. The largest absolute Gasteiger partial charge is 0.384 e. The van der Waals surface area contributed by atoms with Gasteiger partial charge in [0.25, 0.3) is 0 Å². The molecule has 0 aliphatic carbocycles. The molecule has 4 heteroatoms. The van der Waals surface area contributed by atoms with E-state index in [0.29, 0.717) is 0 Å². The first-order valence-electron chi connectivity index (χ1n) is 6.02. The lowest BCUT2D eigenvalue weighted by Gasteiger charge is -2.12. The van der Waals surface area contributed by atoms with Crippen LogP contribution in [0.15, 0.2) is 11.4 Å². The van der Waals surface area contributed by atoms with Crippen molar-refractivity contribution < 1.29 is 10.2 Å².